The first-order valence-electron chi connectivity index (χ1n) is 7.99. The van der Waals surface area contributed by atoms with E-state index in [0.717, 1.165) is 24.1 Å². The fraction of sp³-hybridized carbons (Fsp3) is 0.227. The van der Waals surface area contributed by atoms with E-state index < -0.39 is 0 Å². The van der Waals surface area contributed by atoms with E-state index in [1.165, 1.54) is 21.9 Å². The summed E-state index contributed by atoms with van der Waals surface area (Å²) < 4.78 is 0. The van der Waals surface area contributed by atoms with Gasteiger partial charge in [-0.1, -0.05) is 49.1 Å². The molecular weight excluding hydrogens is 278 g/mol. The molecule has 0 aliphatic carbocycles. The molecule has 23 heavy (non-hydrogen) atoms. The van der Waals surface area contributed by atoms with Gasteiger partial charge in [0.15, 0.2) is 0 Å². The summed E-state index contributed by atoms with van der Waals surface area (Å²) in [6.45, 7) is 9.90. The van der Waals surface area contributed by atoms with Crippen LogP contribution in [0.25, 0.3) is 16.3 Å². The highest BCUT2D eigenvalue weighted by molar-refractivity contribution is 5.88. The number of unbranched alkanes of at least 4 members (excludes halogenated alkanes) is 1. The molecule has 0 fully saturated rings. The molecule has 0 atom stereocenters. The van der Waals surface area contributed by atoms with Crippen molar-refractivity contribution in [2.24, 2.45) is 4.99 Å². The molecule has 2 rings (SSSR count). The van der Waals surface area contributed by atoms with Gasteiger partial charge >= 0.3 is 0 Å². The van der Waals surface area contributed by atoms with Crippen molar-refractivity contribution < 1.29 is 0 Å². The van der Waals surface area contributed by atoms with Crippen molar-refractivity contribution in [3.05, 3.63) is 59.7 Å². The van der Waals surface area contributed by atoms with E-state index in [2.05, 4.69) is 86.8 Å². The Morgan fingerprint density at radius 2 is 1.83 bits per heavy atom. The third-order valence-electron chi connectivity index (χ3n) is 3.71. The van der Waals surface area contributed by atoms with Crippen LogP contribution < -0.4 is 0 Å². The third-order valence-corrected chi connectivity index (χ3v) is 3.71. The molecule has 0 bridgehead atoms. The van der Waals surface area contributed by atoms with E-state index in [4.69, 9.17) is 0 Å². The van der Waals surface area contributed by atoms with Crippen molar-refractivity contribution in [3.63, 3.8) is 0 Å². The Kier molecular flexibility index (Phi) is 5.94. The van der Waals surface area contributed by atoms with E-state index >= 15 is 0 Å². The first-order valence-corrected chi connectivity index (χ1v) is 7.99. The Morgan fingerprint density at radius 1 is 1.09 bits per heavy atom. The number of rotatable bonds is 4. The van der Waals surface area contributed by atoms with Crippen molar-refractivity contribution in [2.45, 2.75) is 33.6 Å². The molecule has 1 heteroatoms. The molecular formula is C22H23N. The average molecular weight is 301 g/mol. The summed E-state index contributed by atoms with van der Waals surface area (Å²) in [5.41, 5.74) is 4.46. The van der Waals surface area contributed by atoms with Gasteiger partial charge in [0.25, 0.3) is 0 Å². The van der Waals surface area contributed by atoms with Crippen LogP contribution in [-0.2, 0) is 0 Å². The molecule has 0 heterocycles. The highest BCUT2D eigenvalue weighted by Crippen LogP contribution is 2.24. The van der Waals surface area contributed by atoms with E-state index in [0.29, 0.717) is 0 Å². The third kappa shape index (κ3) is 4.69. The lowest BCUT2D eigenvalue weighted by atomic mass is 10.0. The second-order valence-corrected chi connectivity index (χ2v) is 5.66. The van der Waals surface area contributed by atoms with Gasteiger partial charge in [0.1, 0.15) is 0 Å². The summed E-state index contributed by atoms with van der Waals surface area (Å²) in [4.78, 5) is 3.98. The van der Waals surface area contributed by atoms with Crippen LogP contribution in [0, 0.1) is 11.8 Å². The van der Waals surface area contributed by atoms with E-state index in [1.54, 1.807) is 0 Å². The number of hydrogen-bond acceptors (Lipinski definition) is 1. The van der Waals surface area contributed by atoms with Gasteiger partial charge in [0.05, 0.1) is 5.69 Å². The lowest BCUT2D eigenvalue weighted by molar-refractivity contribution is 0.983. The molecule has 0 unspecified atom stereocenters. The molecule has 1 nitrogen and oxygen atoms in total. The fourth-order valence-electron chi connectivity index (χ4n) is 2.29. The topological polar surface area (TPSA) is 12.4 Å². The van der Waals surface area contributed by atoms with Gasteiger partial charge in [-0.05, 0) is 72.7 Å². The zero-order chi connectivity index (χ0) is 16.7. The Balaban J connectivity index is 2.25. The molecule has 116 valence electrons. The number of hydrogen-bond donors (Lipinski definition) is 0. The minimum absolute atomic E-state index is 0.904. The van der Waals surface area contributed by atoms with E-state index in [9.17, 15) is 0 Å². The number of benzene rings is 2. The smallest absolute Gasteiger partial charge is 0.0628 e. The quantitative estimate of drug-likeness (QED) is 0.356. The number of fused-ring (bicyclic) bond motifs is 1. The second kappa shape index (κ2) is 8.15. The summed E-state index contributed by atoms with van der Waals surface area (Å²) in [6.07, 6.45) is 6.29. The standard InChI is InChI=1S/C22H23N/c1-5-6-7-8-17(2)9-10-18(3)19-11-12-21-16-22(23-4)14-13-20(21)15-19/h9-16H,4-6H2,1-3H3. The van der Waals surface area contributed by atoms with Crippen LogP contribution in [0.2, 0.25) is 0 Å². The molecule has 0 aliphatic rings. The fourth-order valence-corrected chi connectivity index (χ4v) is 2.29. The van der Waals surface area contributed by atoms with E-state index in [-0.39, 0.29) is 0 Å². The van der Waals surface area contributed by atoms with Crippen molar-refractivity contribution in [2.75, 3.05) is 0 Å². The van der Waals surface area contributed by atoms with Crippen LogP contribution in [0.1, 0.15) is 39.2 Å². The minimum atomic E-state index is 0.904. The first-order chi connectivity index (χ1) is 11.1. The van der Waals surface area contributed by atoms with Gasteiger partial charge in [-0.3, -0.25) is 4.99 Å². The molecule has 0 saturated heterocycles. The summed E-state index contributed by atoms with van der Waals surface area (Å²) >= 11 is 0. The Hall–Kier alpha value is -2.59. The van der Waals surface area contributed by atoms with Crippen LogP contribution in [0.3, 0.4) is 0 Å². The molecule has 0 radical (unpaired) electrons. The predicted octanol–water partition coefficient (Wildman–Crippen LogP) is 6.33. The minimum Gasteiger partial charge on any atom is -0.265 e. The maximum atomic E-state index is 3.98. The van der Waals surface area contributed by atoms with Gasteiger partial charge in [0, 0.05) is 6.42 Å². The first kappa shape index (κ1) is 16.8. The maximum absolute atomic E-state index is 3.98. The second-order valence-electron chi connectivity index (χ2n) is 5.66. The van der Waals surface area contributed by atoms with Crippen molar-refractivity contribution >= 4 is 28.8 Å². The predicted molar refractivity (Wildman–Crippen MR) is 103 cm³/mol. The van der Waals surface area contributed by atoms with E-state index in [1.807, 2.05) is 6.07 Å². The van der Waals surface area contributed by atoms with Crippen molar-refractivity contribution in [3.8, 4) is 11.8 Å². The van der Waals surface area contributed by atoms with Crippen LogP contribution >= 0.6 is 0 Å². The van der Waals surface area contributed by atoms with Crippen LogP contribution in [0.15, 0.2) is 59.1 Å². The van der Waals surface area contributed by atoms with Gasteiger partial charge in [-0.2, -0.15) is 0 Å². The maximum Gasteiger partial charge on any atom is 0.0628 e. The van der Waals surface area contributed by atoms with Crippen LogP contribution in [-0.4, -0.2) is 6.72 Å². The highest BCUT2D eigenvalue weighted by atomic mass is 14.7. The molecule has 0 saturated carbocycles. The molecule has 2 aromatic carbocycles. The lowest BCUT2D eigenvalue weighted by Gasteiger charge is -2.05. The average Bonchev–Trinajstić information content (AvgIpc) is 2.58. The summed E-state index contributed by atoms with van der Waals surface area (Å²) in [5, 5.41) is 2.40. The SMILES string of the molecule is C=Nc1ccc2cc(C(C)=CC=C(C)C#CCCC)ccc2c1. The van der Waals surface area contributed by atoms with Crippen molar-refractivity contribution in [1.29, 1.82) is 0 Å². The summed E-state index contributed by atoms with van der Waals surface area (Å²) in [5.74, 6) is 6.35. The van der Waals surface area contributed by atoms with Crippen LogP contribution in [0.4, 0.5) is 5.69 Å². The van der Waals surface area contributed by atoms with Crippen LogP contribution in [0.5, 0.6) is 0 Å². The molecule has 0 aromatic heterocycles. The number of aliphatic imine (C=N–C) groups is 1. The number of nitrogens with zero attached hydrogens (tertiary/aromatic N) is 1. The highest BCUT2D eigenvalue weighted by Gasteiger charge is 1.99. The van der Waals surface area contributed by atoms with Gasteiger partial charge in [-0.15, -0.1) is 0 Å². The molecule has 2 aromatic rings. The molecule has 0 N–H and O–H groups in total. The normalized spacial score (nSPS) is 12.0. The zero-order valence-corrected chi connectivity index (χ0v) is 14.2. The number of allylic oxidation sites excluding steroid dienone is 4. The van der Waals surface area contributed by atoms with Gasteiger partial charge in [0.2, 0.25) is 0 Å². The Bertz CT molecular complexity index is 826. The molecule has 0 aliphatic heterocycles. The zero-order valence-electron chi connectivity index (χ0n) is 14.2. The summed E-state index contributed by atoms with van der Waals surface area (Å²) in [6, 6.07) is 12.6. The molecule has 0 amide bonds. The monoisotopic (exact) mass is 301 g/mol. The largest absolute Gasteiger partial charge is 0.265 e. The Morgan fingerprint density at radius 3 is 2.57 bits per heavy atom. The van der Waals surface area contributed by atoms with Gasteiger partial charge in [-0.25, -0.2) is 0 Å². The van der Waals surface area contributed by atoms with Gasteiger partial charge < -0.3 is 0 Å². The Labute approximate surface area is 139 Å². The molecule has 0 spiro atoms. The summed E-state index contributed by atoms with van der Waals surface area (Å²) in [7, 11) is 0. The lowest BCUT2D eigenvalue weighted by Crippen LogP contribution is -1.81. The van der Waals surface area contributed by atoms with Crippen molar-refractivity contribution in [1.82, 2.24) is 0 Å².